The average molecular weight is 365 g/mol. The van der Waals surface area contributed by atoms with Crippen LogP contribution in [0.1, 0.15) is 0 Å². The first kappa shape index (κ1) is 15.3. The molecule has 0 spiro atoms. The maximum atomic E-state index is 12.1. The molecule has 9 heteroatoms. The van der Waals surface area contributed by atoms with E-state index in [-0.39, 0.29) is 63.1 Å². The minimum Gasteiger partial charge on any atom is -0.575 e. The van der Waals surface area contributed by atoms with Crippen LogP contribution in [0.25, 0.3) is 10.9 Å². The van der Waals surface area contributed by atoms with Gasteiger partial charge in [0.15, 0.2) is 5.13 Å². The van der Waals surface area contributed by atoms with Crippen LogP contribution in [-0.4, -0.2) is 18.5 Å². The fourth-order valence-electron chi connectivity index (χ4n) is 1.50. The quantitative estimate of drug-likeness (QED) is 0.608. The molecule has 0 aliphatic heterocycles. The van der Waals surface area contributed by atoms with Gasteiger partial charge >= 0.3 is 58.2 Å². The van der Waals surface area contributed by atoms with Gasteiger partial charge in [0, 0.05) is 17.8 Å². The molecule has 3 rings (SSSR count). The molecule has 0 aliphatic rings. The van der Waals surface area contributed by atoms with E-state index in [1.807, 2.05) is 0 Å². The molecule has 0 radical (unpaired) electrons. The molecule has 2 aromatic heterocycles. The summed E-state index contributed by atoms with van der Waals surface area (Å²) in [5.41, 5.74) is 0.670. The van der Waals surface area contributed by atoms with Crippen molar-refractivity contribution >= 4 is 37.4 Å². The number of nitrogens with zero attached hydrogens (tertiary/aromatic N) is 3. The Labute approximate surface area is 162 Å². The summed E-state index contributed by atoms with van der Waals surface area (Å²) in [6.45, 7) is 0. The van der Waals surface area contributed by atoms with Crippen molar-refractivity contribution in [3.05, 3.63) is 36.0 Å². The SMILES string of the molecule is O=S(=O)(Nc1nccs1)c1ccc2[n-]ncc2c1.[Rb+]. The van der Waals surface area contributed by atoms with E-state index < -0.39 is 10.0 Å². The summed E-state index contributed by atoms with van der Waals surface area (Å²) >= 11 is 1.22. The maximum Gasteiger partial charge on any atom is 1.00 e. The van der Waals surface area contributed by atoms with Gasteiger partial charge in [-0.1, -0.05) is 6.07 Å². The Kier molecular flexibility index (Phi) is 4.91. The zero-order chi connectivity index (χ0) is 12.6. The molecule has 92 valence electrons. The minimum absolute atomic E-state index is 0. The number of fused-ring (bicyclic) bond motifs is 1. The van der Waals surface area contributed by atoms with E-state index in [1.54, 1.807) is 11.4 Å². The Morgan fingerprint density at radius 3 is 2.89 bits per heavy atom. The minimum atomic E-state index is -3.61. The normalized spacial score (nSPS) is 11.2. The average Bonchev–Trinajstić information content (AvgIpc) is 2.97. The van der Waals surface area contributed by atoms with Crippen LogP contribution in [0.4, 0.5) is 5.13 Å². The van der Waals surface area contributed by atoms with Gasteiger partial charge in [-0.05, 0) is 17.5 Å². The summed E-state index contributed by atoms with van der Waals surface area (Å²) in [7, 11) is -3.61. The van der Waals surface area contributed by atoms with Crippen molar-refractivity contribution in [3.8, 4) is 0 Å². The zero-order valence-corrected chi connectivity index (χ0v) is 16.5. The Morgan fingerprint density at radius 2 is 2.16 bits per heavy atom. The molecule has 0 unspecified atom stereocenters. The first-order valence-electron chi connectivity index (χ1n) is 4.96. The van der Waals surface area contributed by atoms with Crippen LogP contribution < -0.4 is 68.0 Å². The molecular formula is C10H7N4O2RbS2. The smallest absolute Gasteiger partial charge is 0.575 e. The predicted molar refractivity (Wildman–Crippen MR) is 68.0 cm³/mol. The number of sulfonamides is 1. The van der Waals surface area contributed by atoms with E-state index >= 15 is 0 Å². The van der Waals surface area contributed by atoms with Gasteiger partial charge < -0.3 is 10.2 Å². The van der Waals surface area contributed by atoms with E-state index in [4.69, 9.17) is 0 Å². The van der Waals surface area contributed by atoms with Crippen molar-refractivity contribution in [1.29, 1.82) is 0 Å². The summed E-state index contributed by atoms with van der Waals surface area (Å²) in [4.78, 5) is 4.05. The Bertz CT molecular complexity index is 783. The summed E-state index contributed by atoms with van der Waals surface area (Å²) in [5.74, 6) is 0. The Hall–Kier alpha value is -0.125. The molecule has 1 N–H and O–H groups in total. The molecule has 6 nitrogen and oxygen atoms in total. The van der Waals surface area contributed by atoms with Gasteiger partial charge in [0.1, 0.15) is 0 Å². The van der Waals surface area contributed by atoms with E-state index in [1.165, 1.54) is 35.9 Å². The van der Waals surface area contributed by atoms with Crippen molar-refractivity contribution in [2.45, 2.75) is 4.90 Å². The molecule has 0 aliphatic carbocycles. The van der Waals surface area contributed by atoms with E-state index in [0.717, 1.165) is 0 Å². The molecule has 1 aromatic carbocycles. The molecule has 0 saturated heterocycles. The number of rotatable bonds is 3. The fourth-order valence-corrected chi connectivity index (χ4v) is 3.32. The topological polar surface area (TPSA) is 86.0 Å². The second kappa shape index (κ2) is 6.11. The molecule has 19 heavy (non-hydrogen) atoms. The summed E-state index contributed by atoms with van der Waals surface area (Å²) in [6.07, 6.45) is 3.06. The van der Waals surface area contributed by atoms with Gasteiger partial charge in [0.05, 0.1) is 4.90 Å². The molecule has 2 heterocycles. The molecular weight excluding hydrogens is 358 g/mol. The van der Waals surface area contributed by atoms with Crippen LogP contribution in [-0.2, 0) is 10.0 Å². The third-order valence-corrected chi connectivity index (χ3v) is 4.48. The van der Waals surface area contributed by atoms with E-state index in [2.05, 4.69) is 19.9 Å². The second-order valence-electron chi connectivity index (χ2n) is 3.51. The third-order valence-electron chi connectivity index (χ3n) is 2.33. The maximum absolute atomic E-state index is 12.1. The van der Waals surface area contributed by atoms with Crippen LogP contribution in [0.5, 0.6) is 0 Å². The van der Waals surface area contributed by atoms with Gasteiger partial charge in [-0.25, -0.2) is 13.4 Å². The predicted octanol–water partition coefficient (Wildman–Crippen LogP) is -1.55. The molecule has 0 bridgehead atoms. The number of anilines is 1. The first-order chi connectivity index (χ1) is 8.65. The number of aromatic nitrogens is 3. The second-order valence-corrected chi connectivity index (χ2v) is 6.08. The number of hydrogen-bond donors (Lipinski definition) is 1. The van der Waals surface area contributed by atoms with E-state index in [9.17, 15) is 8.42 Å². The number of hydrogen-bond acceptors (Lipinski definition) is 5. The van der Waals surface area contributed by atoms with Gasteiger partial charge in [-0.15, -0.1) is 16.9 Å². The first-order valence-corrected chi connectivity index (χ1v) is 7.32. The van der Waals surface area contributed by atoms with Crippen LogP contribution in [0.2, 0.25) is 0 Å². The zero-order valence-electron chi connectivity index (χ0n) is 9.94. The van der Waals surface area contributed by atoms with Crippen molar-refractivity contribution in [1.82, 2.24) is 15.2 Å². The van der Waals surface area contributed by atoms with Crippen LogP contribution in [0, 0.1) is 0 Å². The standard InChI is InChI=1S/C10H7N4O2S2.Rb/c15-18(16,14-10-11-3-4-17-10)8-1-2-9-7(5-8)6-12-13-9;/h1-6H,(H-,11,12,13,14);/q-1;+1. The van der Waals surface area contributed by atoms with E-state index in [0.29, 0.717) is 16.0 Å². The van der Waals surface area contributed by atoms with Crippen molar-refractivity contribution in [2.75, 3.05) is 4.72 Å². The van der Waals surface area contributed by atoms with Gasteiger partial charge in [0.25, 0.3) is 10.0 Å². The van der Waals surface area contributed by atoms with Crippen molar-refractivity contribution in [2.24, 2.45) is 0 Å². The van der Waals surface area contributed by atoms with Crippen molar-refractivity contribution < 1.29 is 66.6 Å². The number of benzene rings is 1. The molecule has 3 aromatic rings. The Balaban J connectivity index is 0.00000133. The third kappa shape index (κ3) is 3.31. The van der Waals surface area contributed by atoms with Gasteiger partial charge in [-0.2, -0.15) is 0 Å². The van der Waals surface area contributed by atoms with Crippen molar-refractivity contribution in [3.63, 3.8) is 0 Å². The summed E-state index contributed by atoms with van der Waals surface area (Å²) in [6, 6.07) is 4.65. The molecule has 0 saturated carbocycles. The van der Waals surface area contributed by atoms with Crippen LogP contribution in [0.15, 0.2) is 40.9 Å². The largest absolute Gasteiger partial charge is 1.00 e. The molecule has 0 fully saturated rings. The van der Waals surface area contributed by atoms with Crippen LogP contribution >= 0.6 is 11.3 Å². The van der Waals surface area contributed by atoms with Crippen LogP contribution in [0.3, 0.4) is 0 Å². The molecule has 0 atom stereocenters. The van der Waals surface area contributed by atoms with Gasteiger partial charge in [0.2, 0.25) is 0 Å². The van der Waals surface area contributed by atoms with Gasteiger partial charge in [-0.3, -0.25) is 4.72 Å². The molecule has 0 amide bonds. The fraction of sp³-hybridized carbons (Fsp3) is 0. The number of thiazole rings is 1. The number of nitrogens with one attached hydrogen (secondary N) is 1. The monoisotopic (exact) mass is 364 g/mol. The summed E-state index contributed by atoms with van der Waals surface area (Å²) in [5, 5.41) is 10.3. The Morgan fingerprint density at radius 1 is 1.32 bits per heavy atom. The summed E-state index contributed by atoms with van der Waals surface area (Å²) < 4.78 is 26.6.